The molecule has 2 aromatic rings. The molecule has 1 aromatic carbocycles. The van der Waals surface area contributed by atoms with Gasteiger partial charge in [-0.05, 0) is 38.4 Å². The third-order valence-electron chi connectivity index (χ3n) is 6.55. The van der Waals surface area contributed by atoms with Crippen molar-refractivity contribution in [3.8, 4) is 11.3 Å². The van der Waals surface area contributed by atoms with Crippen LogP contribution in [0.4, 0.5) is 0 Å². The third kappa shape index (κ3) is 10.3. The molecule has 0 fully saturated rings. The standard InChI is InChI=1S/C28H48N4/c1-4-6-8-10-12-14-18-22-32(23-19-15-13-11-9-7-5-2)24-27-28(30-31-29-27)26-21-17-16-20-25(26)3/h16-17,20-21H,4-15,18-19,22-24H2,1-3H3,(H,29,30,31). The van der Waals surface area contributed by atoms with Crippen LogP contribution in [0.1, 0.15) is 115 Å². The molecule has 0 radical (unpaired) electrons. The molecule has 0 unspecified atom stereocenters. The molecule has 0 atom stereocenters. The topological polar surface area (TPSA) is 44.8 Å². The molecular formula is C28H48N4. The van der Waals surface area contributed by atoms with E-state index in [1.807, 2.05) is 0 Å². The highest BCUT2D eigenvalue weighted by Gasteiger charge is 2.15. The second kappa shape index (κ2) is 16.9. The summed E-state index contributed by atoms with van der Waals surface area (Å²) in [6, 6.07) is 8.50. The fraction of sp³-hybridized carbons (Fsp3) is 0.714. The van der Waals surface area contributed by atoms with Crippen LogP contribution in [0, 0.1) is 6.92 Å². The lowest BCUT2D eigenvalue weighted by Crippen LogP contribution is -2.26. The summed E-state index contributed by atoms with van der Waals surface area (Å²) in [5, 5.41) is 12.0. The molecule has 1 N–H and O–H groups in total. The van der Waals surface area contributed by atoms with Crippen molar-refractivity contribution in [3.63, 3.8) is 0 Å². The maximum Gasteiger partial charge on any atom is 0.117 e. The van der Waals surface area contributed by atoms with E-state index in [9.17, 15) is 0 Å². The van der Waals surface area contributed by atoms with Crippen molar-refractivity contribution < 1.29 is 0 Å². The van der Waals surface area contributed by atoms with Gasteiger partial charge in [0.15, 0.2) is 0 Å². The van der Waals surface area contributed by atoms with Crippen molar-refractivity contribution >= 4 is 0 Å². The fourth-order valence-electron chi connectivity index (χ4n) is 4.48. The van der Waals surface area contributed by atoms with E-state index in [0.29, 0.717) is 0 Å². The molecular weight excluding hydrogens is 392 g/mol. The molecule has 4 nitrogen and oxygen atoms in total. The number of hydrogen-bond donors (Lipinski definition) is 1. The number of hydrogen-bond acceptors (Lipinski definition) is 3. The molecule has 180 valence electrons. The normalized spacial score (nSPS) is 11.5. The van der Waals surface area contributed by atoms with Gasteiger partial charge in [0.05, 0.1) is 0 Å². The molecule has 0 bridgehead atoms. The minimum atomic E-state index is 0.895. The van der Waals surface area contributed by atoms with E-state index in [1.54, 1.807) is 0 Å². The lowest BCUT2D eigenvalue weighted by Gasteiger charge is -2.22. The number of nitrogens with zero attached hydrogens (tertiary/aromatic N) is 3. The second-order valence-corrected chi connectivity index (χ2v) is 9.45. The van der Waals surface area contributed by atoms with Crippen LogP contribution < -0.4 is 0 Å². The molecule has 1 heterocycles. The zero-order valence-corrected chi connectivity index (χ0v) is 21.2. The van der Waals surface area contributed by atoms with E-state index >= 15 is 0 Å². The van der Waals surface area contributed by atoms with Gasteiger partial charge in [-0.1, -0.05) is 115 Å². The Morgan fingerprint density at radius 1 is 0.688 bits per heavy atom. The summed E-state index contributed by atoms with van der Waals surface area (Å²) in [6.07, 6.45) is 19.1. The summed E-state index contributed by atoms with van der Waals surface area (Å²) < 4.78 is 0. The van der Waals surface area contributed by atoms with Crippen LogP contribution in [-0.4, -0.2) is 33.4 Å². The van der Waals surface area contributed by atoms with Gasteiger partial charge in [0.2, 0.25) is 0 Å². The van der Waals surface area contributed by atoms with Crippen molar-refractivity contribution in [1.82, 2.24) is 20.3 Å². The highest BCUT2D eigenvalue weighted by atomic mass is 15.3. The summed E-state index contributed by atoms with van der Waals surface area (Å²) in [5.74, 6) is 0. The second-order valence-electron chi connectivity index (χ2n) is 9.45. The highest BCUT2D eigenvalue weighted by molar-refractivity contribution is 5.64. The quantitative estimate of drug-likeness (QED) is 0.224. The molecule has 0 aliphatic carbocycles. The lowest BCUT2D eigenvalue weighted by atomic mass is 10.0. The van der Waals surface area contributed by atoms with Gasteiger partial charge in [0.1, 0.15) is 11.4 Å². The number of H-pyrrole nitrogens is 1. The Morgan fingerprint density at radius 2 is 1.22 bits per heavy atom. The van der Waals surface area contributed by atoms with Crippen LogP contribution >= 0.6 is 0 Å². The number of unbranched alkanes of at least 4 members (excludes halogenated alkanes) is 12. The van der Waals surface area contributed by atoms with Gasteiger partial charge in [0, 0.05) is 12.1 Å². The monoisotopic (exact) mass is 440 g/mol. The molecule has 0 aliphatic heterocycles. The molecule has 0 amide bonds. The predicted octanol–water partition coefficient (Wildman–Crippen LogP) is 8.08. The number of aromatic amines is 1. The van der Waals surface area contributed by atoms with Gasteiger partial charge >= 0.3 is 0 Å². The molecule has 32 heavy (non-hydrogen) atoms. The van der Waals surface area contributed by atoms with E-state index in [-0.39, 0.29) is 0 Å². The van der Waals surface area contributed by atoms with E-state index < -0.39 is 0 Å². The first-order valence-electron chi connectivity index (χ1n) is 13.4. The largest absolute Gasteiger partial charge is 0.297 e. The Kier molecular flexibility index (Phi) is 14.0. The molecule has 2 rings (SSSR count). The van der Waals surface area contributed by atoms with Crippen molar-refractivity contribution in [1.29, 1.82) is 0 Å². The summed E-state index contributed by atoms with van der Waals surface area (Å²) in [6.45, 7) is 9.97. The summed E-state index contributed by atoms with van der Waals surface area (Å²) in [5.41, 5.74) is 4.56. The SMILES string of the molecule is CCCCCCCCCN(CCCCCCCCC)Cc1n[nH]nc1-c1ccccc1C. The van der Waals surface area contributed by atoms with Crippen molar-refractivity contribution in [2.75, 3.05) is 13.1 Å². The summed E-state index contributed by atoms with van der Waals surface area (Å²) in [7, 11) is 0. The molecule has 0 saturated carbocycles. The van der Waals surface area contributed by atoms with E-state index in [4.69, 9.17) is 0 Å². The summed E-state index contributed by atoms with van der Waals surface area (Å²) >= 11 is 0. The van der Waals surface area contributed by atoms with Crippen LogP contribution in [0.2, 0.25) is 0 Å². The molecule has 0 aliphatic rings. The zero-order valence-electron chi connectivity index (χ0n) is 21.2. The number of rotatable bonds is 19. The highest BCUT2D eigenvalue weighted by Crippen LogP contribution is 2.24. The molecule has 1 aromatic heterocycles. The van der Waals surface area contributed by atoms with Crippen molar-refractivity contribution in [3.05, 3.63) is 35.5 Å². The van der Waals surface area contributed by atoms with Gasteiger partial charge in [0.25, 0.3) is 0 Å². The van der Waals surface area contributed by atoms with Gasteiger partial charge in [-0.3, -0.25) is 4.90 Å². The molecule has 0 saturated heterocycles. The first kappa shape index (κ1) is 26.6. The van der Waals surface area contributed by atoms with E-state index in [1.165, 1.54) is 114 Å². The maximum atomic E-state index is 4.55. The fourth-order valence-corrected chi connectivity index (χ4v) is 4.48. The smallest absolute Gasteiger partial charge is 0.117 e. The molecule has 0 spiro atoms. The Balaban J connectivity index is 1.87. The number of aryl methyl sites for hydroxylation is 1. The van der Waals surface area contributed by atoms with Gasteiger partial charge in [-0.15, -0.1) is 0 Å². The predicted molar refractivity (Wildman–Crippen MR) is 138 cm³/mol. The van der Waals surface area contributed by atoms with Crippen LogP contribution in [0.25, 0.3) is 11.3 Å². The van der Waals surface area contributed by atoms with Gasteiger partial charge < -0.3 is 0 Å². The van der Waals surface area contributed by atoms with E-state index in [2.05, 4.69) is 65.3 Å². The van der Waals surface area contributed by atoms with Crippen molar-refractivity contribution in [2.24, 2.45) is 0 Å². The van der Waals surface area contributed by atoms with Gasteiger partial charge in [-0.2, -0.15) is 15.4 Å². The molecule has 4 heteroatoms. The Bertz CT molecular complexity index is 691. The summed E-state index contributed by atoms with van der Waals surface area (Å²) in [4.78, 5) is 2.62. The average Bonchev–Trinajstić information content (AvgIpc) is 3.25. The van der Waals surface area contributed by atoms with Crippen LogP contribution in [0.15, 0.2) is 24.3 Å². The first-order chi connectivity index (χ1) is 15.8. The minimum Gasteiger partial charge on any atom is -0.297 e. The average molecular weight is 441 g/mol. The van der Waals surface area contributed by atoms with Crippen LogP contribution in [0.3, 0.4) is 0 Å². The minimum absolute atomic E-state index is 0.895. The number of benzene rings is 1. The Hall–Kier alpha value is -1.68. The number of nitrogens with one attached hydrogen (secondary N) is 1. The zero-order chi connectivity index (χ0) is 22.9. The van der Waals surface area contributed by atoms with Crippen molar-refractivity contribution in [2.45, 2.75) is 117 Å². The maximum absolute atomic E-state index is 4.55. The van der Waals surface area contributed by atoms with Gasteiger partial charge in [-0.25, -0.2) is 0 Å². The van der Waals surface area contributed by atoms with Crippen LogP contribution in [0.5, 0.6) is 0 Å². The van der Waals surface area contributed by atoms with Crippen LogP contribution in [-0.2, 0) is 6.54 Å². The number of aromatic nitrogens is 3. The van der Waals surface area contributed by atoms with E-state index in [0.717, 1.165) is 17.9 Å². The first-order valence-corrected chi connectivity index (χ1v) is 13.4. The Labute approximate surface area is 197 Å². The third-order valence-corrected chi connectivity index (χ3v) is 6.55. The lowest BCUT2D eigenvalue weighted by molar-refractivity contribution is 0.249. The Morgan fingerprint density at radius 3 is 1.78 bits per heavy atom.